The van der Waals surface area contributed by atoms with Gasteiger partial charge in [-0.05, 0) is 37.1 Å². The minimum atomic E-state index is -0.0946. The van der Waals surface area contributed by atoms with Crippen molar-refractivity contribution >= 4 is 17.5 Å². The van der Waals surface area contributed by atoms with Gasteiger partial charge in [0.05, 0.1) is 16.7 Å². The smallest absolute Gasteiger partial charge is 0.260 e. The summed E-state index contributed by atoms with van der Waals surface area (Å²) in [6.07, 6.45) is 0.870. The molecule has 0 N–H and O–H groups in total. The van der Waals surface area contributed by atoms with Gasteiger partial charge in [0.1, 0.15) is 5.75 Å². The predicted molar refractivity (Wildman–Crippen MR) is 98.5 cm³/mol. The van der Waals surface area contributed by atoms with Gasteiger partial charge in [0.15, 0.2) is 6.61 Å². The number of amides is 1. The third-order valence-corrected chi connectivity index (χ3v) is 4.05. The molecule has 0 spiro atoms. The van der Waals surface area contributed by atoms with E-state index in [0.29, 0.717) is 29.4 Å². The van der Waals surface area contributed by atoms with Crippen molar-refractivity contribution in [1.29, 1.82) is 5.26 Å². The minimum Gasteiger partial charge on any atom is -0.482 e. The fourth-order valence-corrected chi connectivity index (χ4v) is 2.63. The Labute approximate surface area is 153 Å². The van der Waals surface area contributed by atoms with Gasteiger partial charge in [-0.2, -0.15) is 5.26 Å². The summed E-state index contributed by atoms with van der Waals surface area (Å²) in [6.45, 7) is 5.20. The number of aryl methyl sites for hydroxylation is 1. The zero-order valence-corrected chi connectivity index (χ0v) is 15.2. The summed E-state index contributed by atoms with van der Waals surface area (Å²) in [5.41, 5.74) is 2.73. The van der Waals surface area contributed by atoms with E-state index in [1.54, 1.807) is 17.0 Å². The van der Waals surface area contributed by atoms with Crippen molar-refractivity contribution in [3.8, 4) is 11.8 Å². The van der Waals surface area contributed by atoms with Gasteiger partial charge in [-0.3, -0.25) is 4.79 Å². The average molecular weight is 357 g/mol. The molecule has 0 saturated heterocycles. The van der Waals surface area contributed by atoms with E-state index in [2.05, 4.69) is 0 Å². The van der Waals surface area contributed by atoms with Gasteiger partial charge in [0, 0.05) is 13.1 Å². The summed E-state index contributed by atoms with van der Waals surface area (Å²) in [6, 6.07) is 14.9. The Kier molecular flexibility index (Phi) is 6.85. The molecule has 0 aliphatic carbocycles. The van der Waals surface area contributed by atoms with Crippen LogP contribution in [0.1, 0.15) is 30.0 Å². The number of nitriles is 1. The van der Waals surface area contributed by atoms with E-state index in [9.17, 15) is 4.79 Å². The van der Waals surface area contributed by atoms with Gasteiger partial charge in [-0.25, -0.2) is 0 Å². The Bertz CT molecular complexity index is 766. The fraction of sp³-hybridized carbons (Fsp3) is 0.300. The molecule has 0 aromatic heterocycles. The second kappa shape index (κ2) is 9.10. The third-order valence-electron chi connectivity index (χ3n) is 3.75. The number of hydrogen-bond donors (Lipinski definition) is 0. The first-order chi connectivity index (χ1) is 12.0. The molecule has 0 radical (unpaired) electrons. The number of hydrogen-bond acceptors (Lipinski definition) is 3. The Morgan fingerprint density at radius 2 is 1.96 bits per heavy atom. The van der Waals surface area contributed by atoms with Crippen molar-refractivity contribution < 1.29 is 9.53 Å². The van der Waals surface area contributed by atoms with Crippen molar-refractivity contribution in [2.75, 3.05) is 13.2 Å². The molecule has 25 heavy (non-hydrogen) atoms. The lowest BCUT2D eigenvalue weighted by atomic mass is 10.1. The lowest BCUT2D eigenvalue weighted by molar-refractivity contribution is -0.134. The number of halogens is 1. The first-order valence-electron chi connectivity index (χ1n) is 8.19. The highest BCUT2D eigenvalue weighted by molar-refractivity contribution is 6.32. The maximum Gasteiger partial charge on any atom is 0.260 e. The molecule has 2 aromatic carbocycles. The fourth-order valence-electron chi connectivity index (χ4n) is 2.39. The van der Waals surface area contributed by atoms with Gasteiger partial charge >= 0.3 is 0 Å². The number of carbonyl (C=O) groups is 1. The zero-order valence-electron chi connectivity index (χ0n) is 14.5. The number of ether oxygens (including phenoxy) is 1. The largest absolute Gasteiger partial charge is 0.482 e. The van der Waals surface area contributed by atoms with Crippen LogP contribution in [0, 0.1) is 18.3 Å². The molecule has 0 heterocycles. The van der Waals surface area contributed by atoms with Gasteiger partial charge < -0.3 is 9.64 Å². The van der Waals surface area contributed by atoms with Crippen molar-refractivity contribution in [3.05, 3.63) is 64.2 Å². The van der Waals surface area contributed by atoms with E-state index in [-0.39, 0.29) is 12.5 Å². The average Bonchev–Trinajstić information content (AvgIpc) is 2.61. The second-order valence-electron chi connectivity index (χ2n) is 5.85. The highest BCUT2D eigenvalue weighted by Gasteiger charge is 2.15. The lowest BCUT2D eigenvalue weighted by Crippen LogP contribution is -2.35. The third kappa shape index (κ3) is 5.51. The Morgan fingerprint density at radius 3 is 2.56 bits per heavy atom. The molecule has 0 unspecified atom stereocenters. The molecule has 0 atom stereocenters. The number of carbonyl (C=O) groups excluding carboxylic acids is 1. The van der Waals surface area contributed by atoms with Crippen molar-refractivity contribution in [1.82, 2.24) is 4.90 Å². The first-order valence-corrected chi connectivity index (χ1v) is 8.57. The highest BCUT2D eigenvalue weighted by atomic mass is 35.5. The topological polar surface area (TPSA) is 53.3 Å². The molecule has 4 nitrogen and oxygen atoms in total. The molecule has 2 rings (SSSR count). The van der Waals surface area contributed by atoms with Crippen LogP contribution in [-0.4, -0.2) is 24.0 Å². The van der Waals surface area contributed by atoms with Crippen LogP contribution in [0.2, 0.25) is 5.02 Å². The maximum absolute atomic E-state index is 12.5. The first kappa shape index (κ1) is 18.8. The van der Waals surface area contributed by atoms with E-state index in [0.717, 1.165) is 12.0 Å². The van der Waals surface area contributed by atoms with Crippen molar-refractivity contribution in [2.24, 2.45) is 0 Å². The minimum absolute atomic E-state index is 0.0858. The summed E-state index contributed by atoms with van der Waals surface area (Å²) in [5.74, 6) is 0.309. The summed E-state index contributed by atoms with van der Waals surface area (Å²) < 4.78 is 5.55. The number of nitrogens with zero attached hydrogens (tertiary/aromatic N) is 2. The van der Waals surface area contributed by atoms with E-state index >= 15 is 0 Å². The van der Waals surface area contributed by atoms with Gasteiger partial charge in [-0.1, -0.05) is 48.4 Å². The van der Waals surface area contributed by atoms with E-state index in [1.807, 2.05) is 44.2 Å². The van der Waals surface area contributed by atoms with Crippen LogP contribution in [0.5, 0.6) is 5.75 Å². The summed E-state index contributed by atoms with van der Waals surface area (Å²) >= 11 is 6.08. The second-order valence-corrected chi connectivity index (χ2v) is 6.25. The quantitative estimate of drug-likeness (QED) is 0.741. The summed E-state index contributed by atoms with van der Waals surface area (Å²) in [5, 5.41) is 9.18. The molecule has 0 aliphatic rings. The van der Waals surface area contributed by atoms with E-state index in [1.165, 1.54) is 11.6 Å². The Hall–Kier alpha value is -2.51. The molecule has 0 fully saturated rings. The number of rotatable bonds is 7. The lowest BCUT2D eigenvalue weighted by Gasteiger charge is -2.22. The normalized spacial score (nSPS) is 10.2. The van der Waals surface area contributed by atoms with Crippen molar-refractivity contribution in [2.45, 2.75) is 26.8 Å². The van der Waals surface area contributed by atoms with Crippen LogP contribution in [0.3, 0.4) is 0 Å². The number of benzene rings is 2. The van der Waals surface area contributed by atoms with Crippen LogP contribution in [0.15, 0.2) is 42.5 Å². The maximum atomic E-state index is 12.5. The van der Waals surface area contributed by atoms with Gasteiger partial charge in [0.25, 0.3) is 5.91 Å². The monoisotopic (exact) mass is 356 g/mol. The van der Waals surface area contributed by atoms with Gasteiger partial charge in [0.2, 0.25) is 0 Å². The van der Waals surface area contributed by atoms with Crippen LogP contribution in [0.25, 0.3) is 0 Å². The zero-order chi connectivity index (χ0) is 18.2. The molecule has 130 valence electrons. The molecular weight excluding hydrogens is 336 g/mol. The molecule has 0 bridgehead atoms. The van der Waals surface area contributed by atoms with Crippen LogP contribution >= 0.6 is 11.6 Å². The molecule has 5 heteroatoms. The SMILES string of the molecule is CCCN(Cc1ccc(C)cc1)C(=O)COc1ccc(C#N)cc1Cl. The standard InChI is InChI=1S/C20H21ClN2O2/c1-3-10-23(13-16-6-4-15(2)5-7-16)20(24)14-25-19-9-8-17(12-22)11-18(19)21/h4-9,11H,3,10,13-14H2,1-2H3. The van der Waals surface area contributed by atoms with Crippen LogP contribution in [-0.2, 0) is 11.3 Å². The summed E-state index contributed by atoms with van der Waals surface area (Å²) in [7, 11) is 0. The van der Waals surface area contributed by atoms with E-state index < -0.39 is 0 Å². The van der Waals surface area contributed by atoms with Gasteiger partial charge in [-0.15, -0.1) is 0 Å². The Balaban J connectivity index is 2.00. The van der Waals surface area contributed by atoms with E-state index in [4.69, 9.17) is 21.6 Å². The highest BCUT2D eigenvalue weighted by Crippen LogP contribution is 2.25. The van der Waals surface area contributed by atoms with Crippen molar-refractivity contribution in [3.63, 3.8) is 0 Å². The predicted octanol–water partition coefficient (Wildman–Crippen LogP) is 4.34. The Morgan fingerprint density at radius 1 is 1.24 bits per heavy atom. The summed E-state index contributed by atoms with van der Waals surface area (Å²) in [4.78, 5) is 14.3. The molecule has 0 aliphatic heterocycles. The van der Waals surface area contributed by atoms with Crippen LogP contribution < -0.4 is 4.74 Å². The molecule has 2 aromatic rings. The molecule has 0 saturated carbocycles. The molecular formula is C20H21ClN2O2. The van der Waals surface area contributed by atoms with Crippen LogP contribution in [0.4, 0.5) is 0 Å². The molecule has 1 amide bonds.